The number of halogens is 28. The Labute approximate surface area is 606 Å². The summed E-state index contributed by atoms with van der Waals surface area (Å²) in [7, 11) is -32.3. The van der Waals surface area contributed by atoms with Crippen molar-refractivity contribution in [2.75, 3.05) is 0 Å². The van der Waals surface area contributed by atoms with E-state index in [9.17, 15) is 117 Å². The Morgan fingerprint density at radius 3 is 0.685 bits per heavy atom. The van der Waals surface area contributed by atoms with Crippen molar-refractivity contribution in [3.05, 3.63) is 246 Å². The fourth-order valence-electron chi connectivity index (χ4n) is 10.2. The first-order valence-electron chi connectivity index (χ1n) is 29.6. The fraction of sp³-hybridized carbons (Fsp3) is 0.273. The van der Waals surface area contributed by atoms with Crippen LogP contribution in [0, 0.1) is 34.8 Å². The molecule has 0 aromatic heterocycles. The summed E-state index contributed by atoms with van der Waals surface area (Å²) in [5, 5.41) is -22.2. The molecule has 108 heavy (non-hydrogen) atoms. The molecule has 0 radical (unpaired) electrons. The van der Waals surface area contributed by atoms with Crippen LogP contribution in [0.2, 0.25) is 0 Å². The number of hydrogen-bond donors (Lipinski definition) is 0. The van der Waals surface area contributed by atoms with Crippen LogP contribution < -0.4 is 0 Å². The van der Waals surface area contributed by atoms with Crippen molar-refractivity contribution in [3.63, 3.8) is 0 Å². The van der Waals surface area contributed by atoms with Gasteiger partial charge in [0.1, 0.15) is 0 Å². The molecule has 0 saturated heterocycles. The Kier molecular flexibility index (Phi) is 23.5. The zero-order chi connectivity index (χ0) is 81.5. The Bertz CT molecular complexity index is 4610. The van der Waals surface area contributed by atoms with Gasteiger partial charge in [-0.1, -0.05) is 72.8 Å². The molecule has 0 bridgehead atoms. The van der Waals surface area contributed by atoms with Crippen molar-refractivity contribution < 1.29 is 154 Å². The van der Waals surface area contributed by atoms with Crippen LogP contribution in [0.1, 0.15) is 44.5 Å². The van der Waals surface area contributed by atoms with E-state index in [0.29, 0.717) is 0 Å². The third kappa shape index (κ3) is 14.7. The summed E-state index contributed by atoms with van der Waals surface area (Å²) in [6, 6.07) is 34.5. The second-order valence-electron chi connectivity index (χ2n) is 23.4. The van der Waals surface area contributed by atoms with Crippen molar-refractivity contribution in [1.82, 2.24) is 0 Å². The minimum absolute atomic E-state index is 0.0332. The van der Waals surface area contributed by atoms with Gasteiger partial charge in [-0.05, 0) is 27.7 Å². The van der Waals surface area contributed by atoms with Gasteiger partial charge in [0.2, 0.25) is 0 Å². The fourth-order valence-corrected chi connectivity index (χ4v) is 28.4. The molecule has 0 aliphatic rings. The van der Waals surface area contributed by atoms with Crippen molar-refractivity contribution in [3.8, 4) is 0 Å². The first-order chi connectivity index (χ1) is 49.1. The van der Waals surface area contributed by atoms with E-state index in [1.165, 1.54) is 76.2 Å². The Morgan fingerprint density at radius 1 is 0.269 bits per heavy atom. The molecular weight excluding hydrogens is 1740 g/mol. The summed E-state index contributed by atoms with van der Waals surface area (Å²) in [5.41, 5.74) is -0.0921. The normalized spacial score (nSPS) is 14.8. The molecule has 0 fully saturated rings. The van der Waals surface area contributed by atoms with Gasteiger partial charge in [-0.15, -0.1) is 0 Å². The monoisotopic (exact) mass is 1780 g/mol. The van der Waals surface area contributed by atoms with Crippen LogP contribution in [0.3, 0.4) is 0 Å². The van der Waals surface area contributed by atoms with Crippen LogP contribution in [0.4, 0.5) is 119 Å². The first kappa shape index (κ1) is 86.6. The van der Waals surface area contributed by atoms with Crippen molar-refractivity contribution in [2.45, 2.75) is 140 Å². The summed E-state index contributed by atoms with van der Waals surface area (Å²) in [4.78, 5) is -2.79. The molecule has 592 valence electrons. The Morgan fingerprint density at radius 2 is 0.472 bits per heavy atom. The van der Waals surface area contributed by atoms with Gasteiger partial charge in [-0.2, -0.15) is 95.9 Å². The molecule has 0 unspecified atom stereocenters. The van der Waals surface area contributed by atoms with Gasteiger partial charge in [-0.3, -0.25) is 0 Å². The van der Waals surface area contributed by atoms with Crippen molar-refractivity contribution >= 4 is 71.2 Å². The average Bonchev–Trinajstić information content (AvgIpc) is 0.713. The van der Waals surface area contributed by atoms with Crippen LogP contribution in [0.5, 0.6) is 0 Å². The van der Waals surface area contributed by atoms with E-state index in [4.69, 9.17) is 7.26 Å². The third-order valence-electron chi connectivity index (χ3n) is 16.0. The molecule has 0 saturated carbocycles. The molecule has 8 aromatic carbocycles. The van der Waals surface area contributed by atoms with Gasteiger partial charge in [0.15, 0.2) is 0 Å². The molecular formula is C66H48F27IO9S5. The summed E-state index contributed by atoms with van der Waals surface area (Å²) in [5.74, 6) is -46.5. The number of hydrogen-bond acceptors (Lipinski definition) is 9. The summed E-state index contributed by atoms with van der Waals surface area (Å²) in [6.07, 6.45) is -23.3. The smallest absolute Gasteiger partial charge is 0.0619 e. The minimum Gasteiger partial charge on any atom is -0.0619 e. The maximum absolute atomic E-state index is 15.7. The third-order valence-corrected chi connectivity index (χ3v) is 34.4. The topological polar surface area (TPSA) is 130 Å². The summed E-state index contributed by atoms with van der Waals surface area (Å²) >= 11 is -5.07. The van der Waals surface area contributed by atoms with Crippen molar-refractivity contribution in [2.24, 2.45) is 0 Å². The molecule has 0 spiro atoms. The van der Waals surface area contributed by atoms with Crippen LogP contribution >= 0.6 is 40.9 Å². The van der Waals surface area contributed by atoms with Gasteiger partial charge in [0.25, 0.3) is 0 Å². The van der Waals surface area contributed by atoms with Gasteiger partial charge in [0.05, 0.1) is 0 Å². The van der Waals surface area contributed by atoms with E-state index in [1.54, 1.807) is 0 Å². The van der Waals surface area contributed by atoms with Crippen LogP contribution in [0.15, 0.2) is 223 Å². The van der Waals surface area contributed by atoms with Gasteiger partial charge < -0.3 is 0 Å². The minimum atomic E-state index is -7.82. The summed E-state index contributed by atoms with van der Waals surface area (Å²) in [6.45, 7) is 4.88. The van der Waals surface area contributed by atoms with E-state index >= 15 is 26.3 Å². The molecule has 0 amide bonds. The molecule has 8 aromatic rings. The van der Waals surface area contributed by atoms with Crippen molar-refractivity contribution in [1.29, 1.82) is 0 Å². The number of benzene rings is 8. The number of alkyl halides is 27. The quantitative estimate of drug-likeness (QED) is 0.0365. The predicted octanol–water partition coefficient (Wildman–Crippen LogP) is 22.3. The molecule has 42 heteroatoms. The van der Waals surface area contributed by atoms with E-state index in [-0.39, 0.29) is 44.5 Å². The van der Waals surface area contributed by atoms with E-state index < -0.39 is 190 Å². The second-order valence-corrected chi connectivity index (χ2v) is 38.8. The zero-order valence-electron chi connectivity index (χ0n) is 54.2. The maximum atomic E-state index is 15.7. The average molecular weight is 1790 g/mol. The SMILES string of the molecule is Cc1ccccc1S(OS(=O)(=O)C(F)(F)C(F)(F)C(F)(F)C(F)(F)F)(c1ccc(Cc2ccc(I(OS(=O)(=O)C(F)(F)C(F)(F)C(F)(F)C(F)(F)F)c3ccc(Cc4ccc(S(OS(=O)(=O)C(F)(F)C(F)(F)C(F)(F)C(F)(F)F)(c5ccccc5C)c5ccccc5C)cc4)cc3)cc2)cc1)c1ccccc1C. The predicted molar refractivity (Wildman–Crippen MR) is 345 cm³/mol. The van der Waals surface area contributed by atoms with Gasteiger partial charge in [-0.25, -0.2) is 0 Å². The standard InChI is InChI=1S/C66H48F27IO9S5/c1-39-13-5-9-17-51(39)104(52-18-10-6-14-40(52)2,102-107(97,98)65(90,91)59(75,76)56(69,70)62(82,83)84)49-33-25-45(26-34-49)37-43-21-29-47(30-22-43)94(101-106(95,96)64(88,89)58(73,74)55(67,68)61(79,80)81)48-31-23-44(24-32-48)38-46-27-35-50(36-28-46)105(53-19-11-7-15-41(53)3,54-20-12-8-16-42(54)4)103-108(99,100)66(92,93)60(77,78)57(71,72)63(85,86)87/h5-36H,37-38H2,1-4H3. The summed E-state index contributed by atoms with van der Waals surface area (Å²) < 4.78 is 483. The molecule has 8 rings (SSSR count). The molecule has 0 aliphatic carbocycles. The first-order valence-corrected chi connectivity index (χ1v) is 39.9. The number of rotatable bonds is 27. The van der Waals surface area contributed by atoms with E-state index in [1.807, 2.05) is 0 Å². The van der Waals surface area contributed by atoms with Crippen LogP contribution in [0.25, 0.3) is 0 Å². The molecule has 0 N–H and O–H groups in total. The van der Waals surface area contributed by atoms with Crippen LogP contribution in [-0.2, 0) is 53.0 Å². The van der Waals surface area contributed by atoms with E-state index in [2.05, 4.69) is 2.51 Å². The molecule has 0 aliphatic heterocycles. The zero-order valence-corrected chi connectivity index (χ0v) is 60.4. The molecule has 9 nitrogen and oxygen atoms in total. The molecule has 0 heterocycles. The van der Waals surface area contributed by atoms with E-state index in [0.717, 1.165) is 146 Å². The Balaban J connectivity index is 1.19. The van der Waals surface area contributed by atoms with Gasteiger partial charge in [0, 0.05) is 0 Å². The number of aryl methyl sites for hydroxylation is 4. The van der Waals surface area contributed by atoms with Crippen LogP contribution in [-0.4, -0.2) is 95.1 Å². The molecule has 0 atom stereocenters. The second kappa shape index (κ2) is 29.3. The van der Waals surface area contributed by atoms with Gasteiger partial charge >= 0.3 is 414 Å². The Hall–Kier alpha value is -6.97.